The summed E-state index contributed by atoms with van der Waals surface area (Å²) in [6.45, 7) is 1.17. The second-order valence-corrected chi connectivity index (χ2v) is 6.71. The predicted molar refractivity (Wildman–Crippen MR) is 109 cm³/mol. The van der Waals surface area contributed by atoms with Crippen molar-refractivity contribution >= 4 is 11.6 Å². The average molecular weight is 390 g/mol. The van der Waals surface area contributed by atoms with Crippen LogP contribution >= 0.6 is 0 Å². The van der Waals surface area contributed by atoms with Gasteiger partial charge in [0.2, 0.25) is 5.88 Å². The molecule has 0 spiro atoms. The first kappa shape index (κ1) is 19.0. The predicted octanol–water partition coefficient (Wildman–Crippen LogP) is 3.71. The Balaban J connectivity index is 1.55. The number of hydrogen-bond acceptors (Lipinski definition) is 5. The fraction of sp³-hybridized carbons (Fsp3) is 0.217. The molecule has 0 aliphatic carbocycles. The second kappa shape index (κ2) is 8.75. The quantitative estimate of drug-likeness (QED) is 0.642. The van der Waals surface area contributed by atoms with Gasteiger partial charge in [-0.2, -0.15) is 0 Å². The number of methoxy groups -OCH3 is 1. The van der Waals surface area contributed by atoms with Crippen molar-refractivity contribution in [2.75, 3.05) is 25.2 Å². The van der Waals surface area contributed by atoms with Gasteiger partial charge in [-0.05, 0) is 42.0 Å². The van der Waals surface area contributed by atoms with Gasteiger partial charge in [0, 0.05) is 11.9 Å². The van der Waals surface area contributed by atoms with Crippen molar-refractivity contribution in [2.24, 2.45) is 0 Å². The monoisotopic (exact) mass is 390 g/mol. The van der Waals surface area contributed by atoms with Gasteiger partial charge in [0.15, 0.2) is 0 Å². The Morgan fingerprint density at radius 2 is 1.86 bits per heavy atom. The number of pyridine rings is 1. The van der Waals surface area contributed by atoms with Crippen LogP contribution in [0.1, 0.15) is 15.9 Å². The standard InChI is InChI=1S/C23H22N2O4/c1-27-19-11-9-18(10-12-19)25-14-20(16-28-15-17-6-3-2-4-7-17)29-22-21(23(25)26)8-5-13-24-22/h2-13,20H,14-16H2,1H3/t20-/m1/s1. The third kappa shape index (κ3) is 4.38. The number of aromatic nitrogens is 1. The number of benzene rings is 2. The zero-order chi connectivity index (χ0) is 20.1. The normalized spacial score (nSPS) is 16.0. The molecule has 6 heteroatoms. The van der Waals surface area contributed by atoms with Crippen LogP contribution in [-0.4, -0.2) is 37.3 Å². The highest BCUT2D eigenvalue weighted by molar-refractivity contribution is 6.07. The zero-order valence-corrected chi connectivity index (χ0v) is 16.2. The summed E-state index contributed by atoms with van der Waals surface area (Å²) >= 11 is 0. The molecule has 0 saturated heterocycles. The Labute approximate surface area is 169 Å². The first-order chi connectivity index (χ1) is 14.2. The third-order valence-corrected chi connectivity index (χ3v) is 4.71. The molecule has 0 N–H and O–H groups in total. The summed E-state index contributed by atoms with van der Waals surface area (Å²) in [5.41, 5.74) is 2.29. The van der Waals surface area contributed by atoms with Gasteiger partial charge in [-0.15, -0.1) is 0 Å². The van der Waals surface area contributed by atoms with Crippen molar-refractivity contribution in [3.63, 3.8) is 0 Å². The van der Waals surface area contributed by atoms with Crippen LogP contribution < -0.4 is 14.4 Å². The number of nitrogens with zero attached hydrogens (tertiary/aromatic N) is 2. The molecule has 1 aliphatic heterocycles. The maximum absolute atomic E-state index is 13.2. The number of carbonyl (C=O) groups excluding carboxylic acids is 1. The van der Waals surface area contributed by atoms with Crippen molar-refractivity contribution in [2.45, 2.75) is 12.7 Å². The highest BCUT2D eigenvalue weighted by atomic mass is 16.5. The van der Waals surface area contributed by atoms with Gasteiger partial charge in [0.1, 0.15) is 17.4 Å². The molecular formula is C23H22N2O4. The molecule has 1 aliphatic rings. The summed E-state index contributed by atoms with van der Waals surface area (Å²) in [5.74, 6) is 0.919. The smallest absolute Gasteiger partial charge is 0.263 e. The van der Waals surface area contributed by atoms with Gasteiger partial charge < -0.3 is 19.1 Å². The lowest BCUT2D eigenvalue weighted by atomic mass is 10.2. The van der Waals surface area contributed by atoms with Crippen molar-refractivity contribution in [3.05, 3.63) is 84.1 Å². The third-order valence-electron chi connectivity index (χ3n) is 4.71. The lowest BCUT2D eigenvalue weighted by Crippen LogP contribution is -2.39. The number of anilines is 1. The number of rotatable bonds is 6. The molecule has 0 unspecified atom stereocenters. The fourth-order valence-electron chi connectivity index (χ4n) is 3.23. The van der Waals surface area contributed by atoms with Crippen molar-refractivity contribution < 1.29 is 19.0 Å². The molecular weight excluding hydrogens is 368 g/mol. The fourth-order valence-corrected chi connectivity index (χ4v) is 3.23. The molecule has 148 valence electrons. The Hall–Kier alpha value is -3.38. The van der Waals surface area contributed by atoms with E-state index >= 15 is 0 Å². The molecule has 1 aromatic heterocycles. The molecule has 6 nitrogen and oxygen atoms in total. The lowest BCUT2D eigenvalue weighted by Gasteiger charge is -2.24. The van der Waals surface area contributed by atoms with Crippen molar-refractivity contribution in [1.29, 1.82) is 0 Å². The minimum atomic E-state index is -0.346. The number of ether oxygens (including phenoxy) is 3. The van der Waals surface area contributed by atoms with Crippen LogP contribution in [0.3, 0.4) is 0 Å². The number of hydrogen-bond donors (Lipinski definition) is 0. The van der Waals surface area contributed by atoms with Crippen LogP contribution in [0.15, 0.2) is 72.9 Å². The Bertz CT molecular complexity index is 960. The molecule has 1 amide bonds. The summed E-state index contributed by atoms with van der Waals surface area (Å²) in [7, 11) is 1.61. The van der Waals surface area contributed by atoms with Crippen LogP contribution in [0.4, 0.5) is 5.69 Å². The van der Waals surface area contributed by atoms with Gasteiger partial charge >= 0.3 is 0 Å². The maximum atomic E-state index is 13.2. The van der Waals surface area contributed by atoms with Gasteiger partial charge in [-0.3, -0.25) is 4.79 Å². The SMILES string of the molecule is COc1ccc(N2C[C@H](COCc3ccccc3)Oc3ncccc3C2=O)cc1. The molecule has 1 atom stereocenters. The van der Waals surface area contributed by atoms with E-state index in [0.717, 1.165) is 17.0 Å². The topological polar surface area (TPSA) is 60.9 Å². The molecule has 4 rings (SSSR count). The van der Waals surface area contributed by atoms with E-state index in [4.69, 9.17) is 14.2 Å². The lowest BCUT2D eigenvalue weighted by molar-refractivity contribution is 0.0437. The Morgan fingerprint density at radius 1 is 1.07 bits per heavy atom. The van der Waals surface area contributed by atoms with Crippen LogP contribution in [0.25, 0.3) is 0 Å². The van der Waals surface area contributed by atoms with Crippen LogP contribution in [0.5, 0.6) is 11.6 Å². The molecule has 2 aromatic carbocycles. The van der Waals surface area contributed by atoms with E-state index in [9.17, 15) is 4.79 Å². The molecule has 3 aromatic rings. The minimum absolute atomic E-state index is 0.149. The molecule has 0 saturated carbocycles. The van der Waals surface area contributed by atoms with E-state index in [1.807, 2.05) is 54.6 Å². The van der Waals surface area contributed by atoms with Gasteiger partial charge in [0.25, 0.3) is 5.91 Å². The average Bonchev–Trinajstić information content (AvgIpc) is 2.91. The van der Waals surface area contributed by atoms with Crippen molar-refractivity contribution in [3.8, 4) is 11.6 Å². The van der Waals surface area contributed by atoms with E-state index in [0.29, 0.717) is 31.2 Å². The van der Waals surface area contributed by atoms with E-state index in [1.165, 1.54) is 0 Å². The maximum Gasteiger partial charge on any atom is 0.263 e. The van der Waals surface area contributed by atoms with E-state index in [1.54, 1.807) is 30.3 Å². The van der Waals surface area contributed by atoms with E-state index < -0.39 is 0 Å². The van der Waals surface area contributed by atoms with Gasteiger partial charge in [0.05, 0.1) is 26.9 Å². The molecule has 2 heterocycles. The Kier molecular flexibility index (Phi) is 5.72. The molecule has 0 bridgehead atoms. The molecule has 29 heavy (non-hydrogen) atoms. The summed E-state index contributed by atoms with van der Waals surface area (Å²) in [6, 6.07) is 20.8. The summed E-state index contributed by atoms with van der Waals surface area (Å²) in [4.78, 5) is 19.1. The second-order valence-electron chi connectivity index (χ2n) is 6.71. The van der Waals surface area contributed by atoms with Crippen LogP contribution in [-0.2, 0) is 11.3 Å². The van der Waals surface area contributed by atoms with Crippen LogP contribution in [0.2, 0.25) is 0 Å². The number of fused-ring (bicyclic) bond motifs is 1. The first-order valence-corrected chi connectivity index (χ1v) is 9.44. The van der Waals surface area contributed by atoms with E-state index in [-0.39, 0.29) is 12.0 Å². The summed E-state index contributed by atoms with van der Waals surface area (Å²) in [5, 5.41) is 0. The van der Waals surface area contributed by atoms with Gasteiger partial charge in [-0.25, -0.2) is 4.98 Å². The highest BCUT2D eigenvalue weighted by Gasteiger charge is 2.30. The van der Waals surface area contributed by atoms with E-state index in [2.05, 4.69) is 4.98 Å². The largest absolute Gasteiger partial charge is 0.497 e. The first-order valence-electron chi connectivity index (χ1n) is 9.44. The van der Waals surface area contributed by atoms with Crippen LogP contribution in [0, 0.1) is 0 Å². The Morgan fingerprint density at radius 3 is 2.62 bits per heavy atom. The highest BCUT2D eigenvalue weighted by Crippen LogP contribution is 2.28. The van der Waals surface area contributed by atoms with Crippen molar-refractivity contribution in [1.82, 2.24) is 4.98 Å². The van der Waals surface area contributed by atoms with Gasteiger partial charge in [-0.1, -0.05) is 30.3 Å². The summed E-state index contributed by atoms with van der Waals surface area (Å²) in [6.07, 6.45) is 1.28. The number of carbonyl (C=O) groups is 1. The summed E-state index contributed by atoms with van der Waals surface area (Å²) < 4.78 is 17.1. The minimum Gasteiger partial charge on any atom is -0.497 e. The molecule has 0 fully saturated rings. The molecule has 0 radical (unpaired) electrons. The number of amides is 1. The zero-order valence-electron chi connectivity index (χ0n) is 16.2.